The predicted molar refractivity (Wildman–Crippen MR) is 288 cm³/mol. The summed E-state index contributed by atoms with van der Waals surface area (Å²) in [5, 5.41) is 11.6. The Morgan fingerprint density at radius 1 is 0.426 bits per heavy atom. The third kappa shape index (κ3) is 8.56. The molecule has 4 heteroatoms. The van der Waals surface area contributed by atoms with Crippen molar-refractivity contribution in [2.24, 2.45) is 0 Å². The minimum absolute atomic E-state index is 0.0297. The average Bonchev–Trinajstić information content (AvgIpc) is 3.87. The van der Waals surface area contributed by atoms with E-state index in [2.05, 4.69) is 227 Å². The summed E-state index contributed by atoms with van der Waals surface area (Å²) >= 11 is 0. The molecule has 0 amide bonds. The molecule has 332 valence electrons. The molecule has 0 spiro atoms. The number of nitrogens with zero attached hydrogens (tertiary/aromatic N) is 3. The fourth-order valence-electron chi connectivity index (χ4n) is 9.24. The molecule has 0 fully saturated rings. The summed E-state index contributed by atoms with van der Waals surface area (Å²) in [5.74, 6) is 0.854. The molecule has 10 aromatic rings. The highest BCUT2D eigenvalue weighted by molar-refractivity contribution is 6.20. The third-order valence-corrected chi connectivity index (χ3v) is 13.2. The number of nitriles is 1. The standard InChI is InChI=1S/C64H55N3O/c1-63(2,3)52-10-8-12-54(40-52)66-59-38-50(48-28-22-44(23-29-48)15-14-43-18-20-47(42-65)21-19-43)32-36-57(59)61-62(66)58-37-33-51(39-60(58)67(61)55-13-9-11-53(41-55)64(4,5)6)49-30-24-45(25-31-49)16-17-46-26-34-56(68-7)35-27-46/h8-41H,1-7H3/b15-14+,17-16+. The third-order valence-electron chi connectivity index (χ3n) is 13.2. The molecular formula is C64H55N3O. The van der Waals surface area contributed by atoms with Crippen molar-refractivity contribution in [1.29, 1.82) is 5.26 Å². The van der Waals surface area contributed by atoms with Gasteiger partial charge in [0, 0.05) is 22.1 Å². The van der Waals surface area contributed by atoms with Crippen molar-refractivity contribution in [3.05, 3.63) is 221 Å². The van der Waals surface area contributed by atoms with E-state index in [0.717, 1.165) is 56.0 Å². The van der Waals surface area contributed by atoms with Gasteiger partial charge in [-0.15, -0.1) is 0 Å². The van der Waals surface area contributed by atoms with Crippen LogP contribution in [0.1, 0.15) is 80.5 Å². The Morgan fingerprint density at radius 2 is 0.794 bits per heavy atom. The molecule has 0 radical (unpaired) electrons. The molecule has 10 rings (SSSR count). The summed E-state index contributed by atoms with van der Waals surface area (Å²) in [7, 11) is 1.69. The van der Waals surface area contributed by atoms with Gasteiger partial charge in [0.25, 0.3) is 0 Å². The Labute approximate surface area is 400 Å². The Hall–Kier alpha value is -8.13. The van der Waals surface area contributed by atoms with Crippen LogP contribution in [0, 0.1) is 11.3 Å². The Kier molecular flexibility index (Phi) is 11.3. The Morgan fingerprint density at radius 3 is 1.16 bits per heavy atom. The van der Waals surface area contributed by atoms with Crippen LogP contribution in [0.3, 0.4) is 0 Å². The van der Waals surface area contributed by atoms with Gasteiger partial charge in [-0.25, -0.2) is 0 Å². The van der Waals surface area contributed by atoms with Crippen molar-refractivity contribution in [2.75, 3.05) is 7.11 Å². The van der Waals surface area contributed by atoms with Crippen LogP contribution in [0.2, 0.25) is 0 Å². The van der Waals surface area contributed by atoms with E-state index in [1.165, 1.54) is 49.6 Å². The first-order valence-corrected chi connectivity index (χ1v) is 23.4. The topological polar surface area (TPSA) is 42.9 Å². The van der Waals surface area contributed by atoms with E-state index in [0.29, 0.717) is 5.56 Å². The quantitative estimate of drug-likeness (QED) is 0.136. The van der Waals surface area contributed by atoms with Crippen LogP contribution < -0.4 is 4.74 Å². The SMILES string of the molecule is COc1ccc(/C=C/c2ccc(-c3ccc4c(c3)n(-c3cccc(C(C)(C)C)c3)c3c5ccc(-c6ccc(/C=C/c7ccc(C#N)cc7)cc6)cc5n(-c5cccc(C(C)(C)C)c5)c43)cc2)cc1. The molecule has 68 heavy (non-hydrogen) atoms. The number of methoxy groups -OCH3 is 1. The van der Waals surface area contributed by atoms with Gasteiger partial charge < -0.3 is 13.9 Å². The van der Waals surface area contributed by atoms with Gasteiger partial charge in [0.2, 0.25) is 0 Å². The Bertz CT molecular complexity index is 3580. The molecule has 0 aliphatic rings. The summed E-state index contributed by atoms with van der Waals surface area (Å²) in [5.41, 5.74) is 19.3. The molecule has 2 heterocycles. The lowest BCUT2D eigenvalue weighted by molar-refractivity contribution is 0.415. The number of aromatic nitrogens is 2. The maximum atomic E-state index is 9.21. The fourth-order valence-corrected chi connectivity index (χ4v) is 9.24. The van der Waals surface area contributed by atoms with E-state index >= 15 is 0 Å². The van der Waals surface area contributed by atoms with E-state index in [-0.39, 0.29) is 10.8 Å². The summed E-state index contributed by atoms with van der Waals surface area (Å²) in [6.45, 7) is 13.7. The zero-order valence-corrected chi connectivity index (χ0v) is 39.9. The second-order valence-electron chi connectivity index (χ2n) is 19.9. The number of ether oxygens (including phenoxy) is 1. The van der Waals surface area contributed by atoms with Gasteiger partial charge in [0.1, 0.15) is 5.75 Å². The highest BCUT2D eigenvalue weighted by atomic mass is 16.5. The van der Waals surface area contributed by atoms with E-state index in [1.807, 2.05) is 36.4 Å². The lowest BCUT2D eigenvalue weighted by Crippen LogP contribution is -2.11. The molecule has 0 aliphatic carbocycles. The smallest absolute Gasteiger partial charge is 0.118 e. The first-order valence-electron chi connectivity index (χ1n) is 23.4. The van der Waals surface area contributed by atoms with Crippen LogP contribution in [0.4, 0.5) is 0 Å². The Balaban J connectivity index is 1.14. The molecule has 2 aromatic heterocycles. The summed E-state index contributed by atoms with van der Waals surface area (Å²) in [4.78, 5) is 0. The van der Waals surface area contributed by atoms with Gasteiger partial charge in [-0.1, -0.05) is 187 Å². The normalized spacial score (nSPS) is 12.2. The largest absolute Gasteiger partial charge is 0.497 e. The maximum Gasteiger partial charge on any atom is 0.118 e. The molecule has 0 bridgehead atoms. The predicted octanol–water partition coefficient (Wildman–Crippen LogP) is 16.9. The molecule has 0 atom stereocenters. The van der Waals surface area contributed by atoms with E-state index in [4.69, 9.17) is 4.74 Å². The van der Waals surface area contributed by atoms with Gasteiger partial charge in [-0.2, -0.15) is 5.26 Å². The molecule has 8 aromatic carbocycles. The molecule has 0 saturated carbocycles. The minimum atomic E-state index is -0.0309. The highest BCUT2D eigenvalue weighted by Gasteiger charge is 2.25. The molecule has 0 unspecified atom stereocenters. The molecule has 0 aliphatic heterocycles. The van der Waals surface area contributed by atoms with Crippen LogP contribution >= 0.6 is 0 Å². The maximum absolute atomic E-state index is 9.21. The zero-order chi connectivity index (χ0) is 47.2. The van der Waals surface area contributed by atoms with Crippen LogP contribution in [0.25, 0.3) is 90.8 Å². The lowest BCUT2D eigenvalue weighted by Gasteiger charge is -2.20. The summed E-state index contributed by atoms with van der Waals surface area (Å²) in [6, 6.07) is 67.8. The second-order valence-corrected chi connectivity index (χ2v) is 19.9. The molecule has 0 N–H and O–H groups in total. The first-order chi connectivity index (χ1) is 32.8. The van der Waals surface area contributed by atoms with Gasteiger partial charge in [0.15, 0.2) is 0 Å². The number of rotatable bonds is 9. The first kappa shape index (κ1) is 43.7. The number of hydrogen-bond donors (Lipinski definition) is 0. The van der Waals surface area contributed by atoms with Crippen LogP contribution in [0.5, 0.6) is 5.75 Å². The monoisotopic (exact) mass is 881 g/mol. The zero-order valence-electron chi connectivity index (χ0n) is 39.9. The minimum Gasteiger partial charge on any atom is -0.497 e. The molecule has 4 nitrogen and oxygen atoms in total. The molecule has 0 saturated heterocycles. The van der Waals surface area contributed by atoms with Gasteiger partial charge in [-0.3, -0.25) is 0 Å². The number of hydrogen-bond acceptors (Lipinski definition) is 2. The van der Waals surface area contributed by atoms with Crippen molar-refractivity contribution < 1.29 is 4.74 Å². The van der Waals surface area contributed by atoms with Crippen molar-refractivity contribution >= 4 is 57.1 Å². The van der Waals surface area contributed by atoms with Crippen molar-refractivity contribution in [1.82, 2.24) is 9.13 Å². The van der Waals surface area contributed by atoms with Crippen LogP contribution in [-0.2, 0) is 10.8 Å². The van der Waals surface area contributed by atoms with Gasteiger partial charge in [0.05, 0.1) is 40.8 Å². The summed E-state index contributed by atoms with van der Waals surface area (Å²) in [6.07, 6.45) is 8.51. The highest BCUT2D eigenvalue weighted by Crippen LogP contribution is 2.44. The lowest BCUT2D eigenvalue weighted by atomic mass is 9.87. The number of fused-ring (bicyclic) bond motifs is 5. The van der Waals surface area contributed by atoms with Gasteiger partial charge >= 0.3 is 0 Å². The van der Waals surface area contributed by atoms with Crippen molar-refractivity contribution in [3.8, 4) is 45.4 Å². The van der Waals surface area contributed by atoms with E-state index in [1.54, 1.807) is 7.11 Å². The van der Waals surface area contributed by atoms with Crippen molar-refractivity contribution in [3.63, 3.8) is 0 Å². The van der Waals surface area contributed by atoms with E-state index in [9.17, 15) is 5.26 Å². The summed E-state index contributed by atoms with van der Waals surface area (Å²) < 4.78 is 10.4. The van der Waals surface area contributed by atoms with Crippen LogP contribution in [-0.4, -0.2) is 16.2 Å². The average molecular weight is 882 g/mol. The second kappa shape index (κ2) is 17.6. The number of benzene rings is 8. The van der Waals surface area contributed by atoms with Crippen molar-refractivity contribution in [2.45, 2.75) is 52.4 Å². The van der Waals surface area contributed by atoms with Gasteiger partial charge in [-0.05, 0) is 127 Å². The van der Waals surface area contributed by atoms with Crippen LogP contribution in [0.15, 0.2) is 182 Å². The van der Waals surface area contributed by atoms with E-state index < -0.39 is 0 Å². The molecular weight excluding hydrogens is 827 g/mol. The fraction of sp³-hybridized carbons (Fsp3) is 0.141.